The fraction of sp³-hybridized carbons (Fsp3) is 0.889. The Bertz CT molecular complexity index is 315. The standard InChI is InChI=1S/C9H19N7/c1-14-9(11-12-13-14)16-7-5-15(6-8-16)4-2-3-10/h2-8,10H2,1H3. The molecule has 1 fully saturated rings. The Morgan fingerprint density at radius 1 is 1.25 bits per heavy atom. The molecule has 1 aromatic heterocycles. The quantitative estimate of drug-likeness (QED) is 0.685. The molecule has 16 heavy (non-hydrogen) atoms. The van der Waals surface area contributed by atoms with Crippen LogP contribution in [-0.2, 0) is 7.05 Å². The topological polar surface area (TPSA) is 76.1 Å². The molecule has 1 saturated heterocycles. The van der Waals surface area contributed by atoms with Gasteiger partial charge in [-0.25, -0.2) is 4.68 Å². The molecule has 0 aromatic carbocycles. The summed E-state index contributed by atoms with van der Waals surface area (Å²) in [5.41, 5.74) is 5.50. The first-order valence-corrected chi connectivity index (χ1v) is 5.71. The zero-order chi connectivity index (χ0) is 11.4. The molecule has 0 bridgehead atoms. The molecule has 7 heteroatoms. The van der Waals surface area contributed by atoms with E-state index in [4.69, 9.17) is 5.73 Å². The van der Waals surface area contributed by atoms with Crippen LogP contribution in [0.15, 0.2) is 0 Å². The van der Waals surface area contributed by atoms with Crippen LogP contribution in [-0.4, -0.2) is 64.4 Å². The minimum absolute atomic E-state index is 0.771. The van der Waals surface area contributed by atoms with Crippen molar-refractivity contribution in [3.8, 4) is 0 Å². The molecule has 90 valence electrons. The molecule has 0 radical (unpaired) electrons. The number of piperazine rings is 1. The first-order valence-electron chi connectivity index (χ1n) is 5.71. The van der Waals surface area contributed by atoms with Gasteiger partial charge >= 0.3 is 0 Å². The number of tetrazole rings is 1. The van der Waals surface area contributed by atoms with Gasteiger partial charge in [0.2, 0.25) is 5.95 Å². The van der Waals surface area contributed by atoms with Crippen LogP contribution in [0.4, 0.5) is 5.95 Å². The molecule has 0 aliphatic carbocycles. The molecule has 0 unspecified atom stereocenters. The first-order chi connectivity index (χ1) is 7.81. The Morgan fingerprint density at radius 3 is 2.56 bits per heavy atom. The molecular formula is C9H19N7. The lowest BCUT2D eigenvalue weighted by Crippen LogP contribution is -2.47. The van der Waals surface area contributed by atoms with Crippen LogP contribution in [0, 0.1) is 0 Å². The van der Waals surface area contributed by atoms with Crippen LogP contribution in [0.2, 0.25) is 0 Å². The summed E-state index contributed by atoms with van der Waals surface area (Å²) in [6.07, 6.45) is 1.07. The van der Waals surface area contributed by atoms with Crippen molar-refractivity contribution < 1.29 is 0 Å². The molecule has 2 heterocycles. The molecule has 2 rings (SSSR count). The predicted molar refractivity (Wildman–Crippen MR) is 61.1 cm³/mol. The van der Waals surface area contributed by atoms with E-state index in [0.717, 1.165) is 51.6 Å². The van der Waals surface area contributed by atoms with Crippen molar-refractivity contribution in [1.82, 2.24) is 25.1 Å². The van der Waals surface area contributed by atoms with Gasteiger partial charge in [-0.3, -0.25) is 4.90 Å². The number of hydrogen-bond donors (Lipinski definition) is 1. The van der Waals surface area contributed by atoms with E-state index in [1.165, 1.54) is 0 Å². The molecule has 1 aliphatic rings. The van der Waals surface area contributed by atoms with Crippen molar-refractivity contribution in [2.24, 2.45) is 12.8 Å². The number of anilines is 1. The summed E-state index contributed by atoms with van der Waals surface area (Å²) in [6, 6.07) is 0. The molecular weight excluding hydrogens is 206 g/mol. The predicted octanol–water partition coefficient (Wildman–Crippen LogP) is -1.32. The maximum absolute atomic E-state index is 5.50. The van der Waals surface area contributed by atoms with Crippen LogP contribution < -0.4 is 10.6 Å². The lowest BCUT2D eigenvalue weighted by atomic mass is 10.3. The van der Waals surface area contributed by atoms with Crippen molar-refractivity contribution in [3.63, 3.8) is 0 Å². The van der Waals surface area contributed by atoms with Crippen molar-refractivity contribution in [3.05, 3.63) is 0 Å². The number of aromatic nitrogens is 4. The molecule has 1 aliphatic heterocycles. The van der Waals surface area contributed by atoms with E-state index >= 15 is 0 Å². The summed E-state index contributed by atoms with van der Waals surface area (Å²) < 4.78 is 1.72. The van der Waals surface area contributed by atoms with Crippen molar-refractivity contribution in [2.75, 3.05) is 44.2 Å². The number of aryl methyl sites for hydroxylation is 1. The largest absolute Gasteiger partial charge is 0.337 e. The van der Waals surface area contributed by atoms with E-state index in [9.17, 15) is 0 Å². The van der Waals surface area contributed by atoms with Crippen LogP contribution in [0.25, 0.3) is 0 Å². The van der Waals surface area contributed by atoms with E-state index < -0.39 is 0 Å². The molecule has 1 aromatic rings. The Hall–Kier alpha value is -1.21. The second-order valence-corrected chi connectivity index (χ2v) is 4.07. The summed E-state index contributed by atoms with van der Waals surface area (Å²) in [6.45, 7) is 5.96. The average Bonchev–Trinajstić information content (AvgIpc) is 2.74. The normalized spacial score (nSPS) is 18.0. The van der Waals surface area contributed by atoms with Gasteiger partial charge in [-0.1, -0.05) is 5.10 Å². The van der Waals surface area contributed by atoms with Gasteiger partial charge in [0.15, 0.2) is 0 Å². The maximum atomic E-state index is 5.50. The van der Waals surface area contributed by atoms with Gasteiger partial charge in [0, 0.05) is 33.2 Å². The molecule has 0 atom stereocenters. The van der Waals surface area contributed by atoms with Gasteiger partial charge in [-0.05, 0) is 29.9 Å². The molecule has 0 amide bonds. The first kappa shape index (κ1) is 11.3. The Balaban J connectivity index is 1.83. The van der Waals surface area contributed by atoms with Crippen LogP contribution in [0.5, 0.6) is 0 Å². The summed E-state index contributed by atoms with van der Waals surface area (Å²) in [5, 5.41) is 11.5. The van der Waals surface area contributed by atoms with Gasteiger partial charge in [-0.2, -0.15) is 0 Å². The van der Waals surface area contributed by atoms with Gasteiger partial charge in [0.1, 0.15) is 0 Å². The van der Waals surface area contributed by atoms with Gasteiger partial charge < -0.3 is 10.6 Å². The Kier molecular flexibility index (Phi) is 3.68. The Labute approximate surface area is 95.2 Å². The van der Waals surface area contributed by atoms with Crippen LogP contribution in [0.3, 0.4) is 0 Å². The van der Waals surface area contributed by atoms with E-state index in [1.807, 2.05) is 7.05 Å². The zero-order valence-electron chi connectivity index (χ0n) is 9.71. The highest BCUT2D eigenvalue weighted by Gasteiger charge is 2.19. The molecule has 0 saturated carbocycles. The van der Waals surface area contributed by atoms with Crippen LogP contribution in [0.1, 0.15) is 6.42 Å². The summed E-state index contributed by atoms with van der Waals surface area (Å²) >= 11 is 0. The third-order valence-corrected chi connectivity index (χ3v) is 2.93. The molecule has 0 spiro atoms. The summed E-state index contributed by atoms with van der Waals surface area (Å²) in [7, 11) is 1.87. The minimum Gasteiger partial charge on any atom is -0.337 e. The highest BCUT2D eigenvalue weighted by Crippen LogP contribution is 2.10. The van der Waals surface area contributed by atoms with Crippen molar-refractivity contribution >= 4 is 5.95 Å². The number of nitrogens with two attached hydrogens (primary N) is 1. The fourth-order valence-electron chi connectivity index (χ4n) is 1.98. The van der Waals surface area contributed by atoms with Gasteiger partial charge in [0.05, 0.1) is 0 Å². The number of hydrogen-bond acceptors (Lipinski definition) is 6. The van der Waals surface area contributed by atoms with Crippen molar-refractivity contribution in [1.29, 1.82) is 0 Å². The third kappa shape index (κ3) is 2.48. The highest BCUT2D eigenvalue weighted by atomic mass is 15.6. The Morgan fingerprint density at radius 2 is 2.00 bits per heavy atom. The fourth-order valence-corrected chi connectivity index (χ4v) is 1.98. The second-order valence-electron chi connectivity index (χ2n) is 4.07. The summed E-state index contributed by atoms with van der Waals surface area (Å²) in [4.78, 5) is 4.66. The molecule has 7 nitrogen and oxygen atoms in total. The number of rotatable bonds is 4. The van der Waals surface area contributed by atoms with E-state index in [0.29, 0.717) is 0 Å². The second kappa shape index (κ2) is 5.22. The SMILES string of the molecule is Cn1nnnc1N1CCN(CCCN)CC1. The average molecular weight is 225 g/mol. The molecule has 2 N–H and O–H groups in total. The van der Waals surface area contributed by atoms with Gasteiger partial charge in [-0.15, -0.1) is 0 Å². The smallest absolute Gasteiger partial charge is 0.245 e. The highest BCUT2D eigenvalue weighted by molar-refractivity contribution is 5.28. The van der Waals surface area contributed by atoms with E-state index in [-0.39, 0.29) is 0 Å². The zero-order valence-corrected chi connectivity index (χ0v) is 9.71. The number of nitrogens with zero attached hydrogens (tertiary/aromatic N) is 6. The summed E-state index contributed by atoms with van der Waals surface area (Å²) in [5.74, 6) is 0.860. The van der Waals surface area contributed by atoms with Gasteiger partial charge in [0.25, 0.3) is 0 Å². The van der Waals surface area contributed by atoms with Crippen molar-refractivity contribution in [2.45, 2.75) is 6.42 Å². The third-order valence-electron chi connectivity index (χ3n) is 2.93. The lowest BCUT2D eigenvalue weighted by molar-refractivity contribution is 0.254. The van der Waals surface area contributed by atoms with E-state index in [2.05, 4.69) is 25.3 Å². The maximum Gasteiger partial charge on any atom is 0.245 e. The lowest BCUT2D eigenvalue weighted by Gasteiger charge is -2.34. The van der Waals surface area contributed by atoms with Crippen LogP contribution >= 0.6 is 0 Å². The van der Waals surface area contributed by atoms with E-state index in [1.54, 1.807) is 4.68 Å². The minimum atomic E-state index is 0.771. The monoisotopic (exact) mass is 225 g/mol.